The first-order chi connectivity index (χ1) is 8.81. The number of aliphatic hydroxyl groups is 1. The van der Waals surface area contributed by atoms with Gasteiger partial charge in [-0.1, -0.05) is 6.92 Å². The zero-order valence-corrected chi connectivity index (χ0v) is 12.2. The van der Waals surface area contributed by atoms with E-state index in [0.29, 0.717) is 18.7 Å². The number of benzene rings is 1. The van der Waals surface area contributed by atoms with E-state index in [2.05, 4.69) is 5.32 Å². The van der Waals surface area contributed by atoms with Gasteiger partial charge in [-0.05, 0) is 45.4 Å². The molecule has 0 amide bonds. The summed E-state index contributed by atoms with van der Waals surface area (Å²) in [5.74, 6) is 0.333. The topological polar surface area (TPSA) is 41.5 Å². The van der Waals surface area contributed by atoms with Crippen molar-refractivity contribution in [3.63, 3.8) is 0 Å². The fourth-order valence-corrected chi connectivity index (χ4v) is 1.49. The van der Waals surface area contributed by atoms with Crippen molar-refractivity contribution in [3.8, 4) is 5.75 Å². The molecule has 2 N–H and O–H groups in total. The minimum absolute atomic E-state index is 0.0491. The molecule has 1 rings (SSSR count). The Bertz CT molecular complexity index is 402. The van der Waals surface area contributed by atoms with Gasteiger partial charge in [0.25, 0.3) is 0 Å². The monoisotopic (exact) mass is 269 g/mol. The minimum atomic E-state index is -0.492. The summed E-state index contributed by atoms with van der Waals surface area (Å²) in [6, 6.07) is 4.44. The highest BCUT2D eigenvalue weighted by atomic mass is 19.1. The molecule has 0 saturated heterocycles. The molecule has 1 atom stereocenters. The van der Waals surface area contributed by atoms with E-state index in [1.54, 1.807) is 6.07 Å². The number of ether oxygens (including phenoxy) is 1. The minimum Gasteiger partial charge on any atom is -0.491 e. The molecule has 0 aliphatic heterocycles. The van der Waals surface area contributed by atoms with Gasteiger partial charge in [0.15, 0.2) is 0 Å². The number of rotatable bonds is 6. The van der Waals surface area contributed by atoms with Gasteiger partial charge in [-0.25, -0.2) is 4.39 Å². The quantitative estimate of drug-likeness (QED) is 0.834. The predicted octanol–water partition coefficient (Wildman–Crippen LogP) is 2.86. The van der Waals surface area contributed by atoms with Gasteiger partial charge in [0, 0.05) is 17.6 Å². The molecule has 4 heteroatoms. The lowest BCUT2D eigenvalue weighted by atomic mass is 10.1. The van der Waals surface area contributed by atoms with Crippen molar-refractivity contribution in [1.29, 1.82) is 0 Å². The van der Waals surface area contributed by atoms with E-state index in [4.69, 9.17) is 4.74 Å². The molecule has 0 aliphatic carbocycles. The van der Waals surface area contributed by atoms with Crippen LogP contribution in [0.1, 0.15) is 39.7 Å². The average molecular weight is 269 g/mol. The maximum absolute atomic E-state index is 13.3. The van der Waals surface area contributed by atoms with Crippen molar-refractivity contribution < 1.29 is 14.2 Å². The number of hydrogen-bond donors (Lipinski definition) is 2. The SMILES string of the molecule is CCC(O)COc1ccc(F)cc1CNC(C)(C)C. The highest BCUT2D eigenvalue weighted by Crippen LogP contribution is 2.21. The van der Waals surface area contributed by atoms with E-state index in [0.717, 1.165) is 5.56 Å². The Morgan fingerprint density at radius 2 is 2.05 bits per heavy atom. The van der Waals surface area contributed by atoms with Crippen molar-refractivity contribution >= 4 is 0 Å². The summed E-state index contributed by atoms with van der Waals surface area (Å²) >= 11 is 0. The van der Waals surface area contributed by atoms with Crippen molar-refractivity contribution in [3.05, 3.63) is 29.6 Å². The Morgan fingerprint density at radius 3 is 2.63 bits per heavy atom. The van der Waals surface area contributed by atoms with Crippen LogP contribution in [-0.4, -0.2) is 23.4 Å². The predicted molar refractivity (Wildman–Crippen MR) is 74.8 cm³/mol. The highest BCUT2D eigenvalue weighted by Gasteiger charge is 2.12. The first-order valence-electron chi connectivity index (χ1n) is 6.66. The standard InChI is InChI=1S/C15H24FNO2/c1-5-13(18)10-19-14-7-6-12(16)8-11(14)9-17-15(2,3)4/h6-8,13,17-18H,5,9-10H2,1-4H3. The first kappa shape index (κ1) is 15.9. The maximum atomic E-state index is 13.3. The van der Waals surface area contributed by atoms with E-state index in [-0.39, 0.29) is 18.0 Å². The molecule has 0 bridgehead atoms. The van der Waals surface area contributed by atoms with Crippen LogP contribution >= 0.6 is 0 Å². The summed E-state index contributed by atoms with van der Waals surface area (Å²) < 4.78 is 18.9. The van der Waals surface area contributed by atoms with Crippen LogP contribution in [0.5, 0.6) is 5.75 Å². The van der Waals surface area contributed by atoms with Crippen LogP contribution in [0.25, 0.3) is 0 Å². The molecule has 1 unspecified atom stereocenters. The number of hydrogen-bond acceptors (Lipinski definition) is 3. The van der Waals surface area contributed by atoms with Crippen molar-refractivity contribution in [2.24, 2.45) is 0 Å². The summed E-state index contributed by atoms with van der Waals surface area (Å²) in [7, 11) is 0. The summed E-state index contributed by atoms with van der Waals surface area (Å²) in [6.07, 6.45) is 0.144. The highest BCUT2D eigenvalue weighted by molar-refractivity contribution is 5.34. The third kappa shape index (κ3) is 6.03. The zero-order valence-electron chi connectivity index (χ0n) is 12.2. The van der Waals surface area contributed by atoms with Gasteiger partial charge >= 0.3 is 0 Å². The maximum Gasteiger partial charge on any atom is 0.124 e. The molecule has 0 aliphatic rings. The fourth-order valence-electron chi connectivity index (χ4n) is 1.49. The Balaban J connectivity index is 2.74. The van der Waals surface area contributed by atoms with Gasteiger partial charge in [0.05, 0.1) is 6.10 Å². The average Bonchev–Trinajstić information content (AvgIpc) is 2.33. The molecule has 1 aromatic rings. The van der Waals surface area contributed by atoms with E-state index < -0.39 is 6.10 Å². The third-order valence-electron chi connectivity index (χ3n) is 2.73. The Morgan fingerprint density at radius 1 is 1.37 bits per heavy atom. The van der Waals surface area contributed by atoms with Crippen LogP contribution in [0.2, 0.25) is 0 Å². The Labute approximate surface area is 114 Å². The molecular formula is C15H24FNO2. The van der Waals surface area contributed by atoms with Crippen molar-refractivity contribution in [1.82, 2.24) is 5.32 Å². The molecule has 0 spiro atoms. The summed E-state index contributed by atoms with van der Waals surface area (Å²) in [4.78, 5) is 0. The zero-order chi connectivity index (χ0) is 14.5. The lowest BCUT2D eigenvalue weighted by Gasteiger charge is -2.22. The molecule has 3 nitrogen and oxygen atoms in total. The normalized spacial score (nSPS) is 13.4. The third-order valence-corrected chi connectivity index (χ3v) is 2.73. The van der Waals surface area contributed by atoms with Gasteiger partial charge in [0.1, 0.15) is 18.2 Å². The van der Waals surface area contributed by atoms with E-state index >= 15 is 0 Å². The lowest BCUT2D eigenvalue weighted by Crippen LogP contribution is -2.35. The first-order valence-corrected chi connectivity index (χ1v) is 6.66. The number of nitrogens with one attached hydrogen (secondary N) is 1. The molecule has 19 heavy (non-hydrogen) atoms. The smallest absolute Gasteiger partial charge is 0.124 e. The Hall–Kier alpha value is -1.13. The van der Waals surface area contributed by atoms with Crippen molar-refractivity contribution in [2.45, 2.75) is 52.3 Å². The van der Waals surface area contributed by atoms with Gasteiger partial charge in [-0.2, -0.15) is 0 Å². The van der Waals surface area contributed by atoms with Gasteiger partial charge in [0.2, 0.25) is 0 Å². The van der Waals surface area contributed by atoms with Gasteiger partial charge in [-0.3, -0.25) is 0 Å². The molecule has 1 aromatic carbocycles. The number of aliphatic hydroxyl groups excluding tert-OH is 1. The van der Waals surface area contributed by atoms with Gasteiger partial charge < -0.3 is 15.2 Å². The Kier molecular flexibility index (Phi) is 5.76. The van der Waals surface area contributed by atoms with Crippen LogP contribution in [0, 0.1) is 5.82 Å². The summed E-state index contributed by atoms with van der Waals surface area (Å²) in [6.45, 7) is 8.79. The van der Waals surface area contributed by atoms with Crippen LogP contribution in [-0.2, 0) is 6.54 Å². The lowest BCUT2D eigenvalue weighted by molar-refractivity contribution is 0.103. The van der Waals surface area contributed by atoms with Crippen molar-refractivity contribution in [2.75, 3.05) is 6.61 Å². The molecule has 0 aromatic heterocycles. The molecule has 0 fully saturated rings. The van der Waals surface area contributed by atoms with Crippen LogP contribution < -0.4 is 10.1 Å². The molecule has 0 heterocycles. The molecule has 0 saturated carbocycles. The molecule has 108 valence electrons. The van der Waals surface area contributed by atoms with E-state index in [1.165, 1.54) is 12.1 Å². The second-order valence-electron chi connectivity index (χ2n) is 5.73. The van der Waals surface area contributed by atoms with Crippen LogP contribution in [0.4, 0.5) is 4.39 Å². The number of halogens is 1. The second kappa shape index (κ2) is 6.87. The van der Waals surface area contributed by atoms with Crippen LogP contribution in [0.3, 0.4) is 0 Å². The summed E-state index contributed by atoms with van der Waals surface area (Å²) in [5, 5.41) is 12.8. The van der Waals surface area contributed by atoms with Gasteiger partial charge in [-0.15, -0.1) is 0 Å². The van der Waals surface area contributed by atoms with E-state index in [9.17, 15) is 9.50 Å². The summed E-state index contributed by atoms with van der Waals surface area (Å²) in [5.41, 5.74) is 0.713. The second-order valence-corrected chi connectivity index (χ2v) is 5.73. The van der Waals surface area contributed by atoms with E-state index in [1.807, 2.05) is 27.7 Å². The van der Waals surface area contributed by atoms with Crippen LogP contribution in [0.15, 0.2) is 18.2 Å². The fraction of sp³-hybridized carbons (Fsp3) is 0.600. The molecular weight excluding hydrogens is 245 g/mol. The largest absolute Gasteiger partial charge is 0.491 e. The molecule has 0 radical (unpaired) electrons.